The molecule has 3 unspecified atom stereocenters. The van der Waals surface area contributed by atoms with Crippen LogP contribution in [0.15, 0.2) is 12.3 Å². The molecule has 0 aromatic carbocycles. The minimum absolute atomic E-state index is 0.0316. The molecule has 3 atom stereocenters. The third-order valence-electron chi connectivity index (χ3n) is 3.71. The van der Waals surface area contributed by atoms with Gasteiger partial charge in [0.25, 0.3) is 0 Å². The number of hydrogen-bond acceptors (Lipinski definition) is 5. The average molecular weight is 300 g/mol. The number of rotatable bonds is 9. The molecule has 0 saturated heterocycles. The molecule has 7 nitrogen and oxygen atoms in total. The molecule has 122 valence electrons. The van der Waals surface area contributed by atoms with Gasteiger partial charge in [0.1, 0.15) is 6.04 Å². The first-order valence-electron chi connectivity index (χ1n) is 7.05. The number of nitrogens with zero attached hydrogens (tertiary/aromatic N) is 1. The number of hydrogen-bond donors (Lipinski definition) is 4. The maximum absolute atomic E-state index is 12.2. The molecule has 0 bridgehead atoms. The van der Waals surface area contributed by atoms with Gasteiger partial charge in [-0.1, -0.05) is 20.4 Å². The predicted octanol–water partition coefficient (Wildman–Crippen LogP) is -0.134. The van der Waals surface area contributed by atoms with Crippen molar-refractivity contribution in [2.24, 2.45) is 11.5 Å². The molecule has 1 amide bonds. The normalized spacial score (nSPS) is 16.5. The van der Waals surface area contributed by atoms with Crippen molar-refractivity contribution in [3.63, 3.8) is 0 Å². The monoisotopic (exact) mass is 300 g/mol. The van der Waals surface area contributed by atoms with Gasteiger partial charge in [-0.25, -0.2) is 4.79 Å². The summed E-state index contributed by atoms with van der Waals surface area (Å²) in [5.41, 5.74) is 11.1. The zero-order chi connectivity index (χ0) is 16.8. The second-order valence-corrected chi connectivity index (χ2v) is 5.46. The van der Waals surface area contributed by atoms with Crippen LogP contribution in [-0.4, -0.2) is 53.1 Å². The van der Waals surface area contributed by atoms with E-state index in [-0.39, 0.29) is 12.6 Å². The summed E-state index contributed by atoms with van der Waals surface area (Å²) in [5, 5.41) is 12.2. The summed E-state index contributed by atoms with van der Waals surface area (Å²) in [7, 11) is 1.44. The lowest BCUT2D eigenvalue weighted by molar-refractivity contribution is -0.150. The highest BCUT2D eigenvalue weighted by Crippen LogP contribution is 2.11. The lowest BCUT2D eigenvalue weighted by Gasteiger charge is -2.32. The van der Waals surface area contributed by atoms with Crippen molar-refractivity contribution in [2.45, 2.75) is 51.2 Å². The van der Waals surface area contributed by atoms with E-state index in [0.717, 1.165) is 4.90 Å². The average Bonchev–Trinajstić information content (AvgIpc) is 2.44. The summed E-state index contributed by atoms with van der Waals surface area (Å²) in [5.74, 6) is -1.52. The Morgan fingerprint density at radius 1 is 1.43 bits per heavy atom. The Kier molecular flexibility index (Phi) is 7.38. The summed E-state index contributed by atoms with van der Waals surface area (Å²) < 4.78 is 0. The number of aliphatic carboxylic acids is 1. The lowest BCUT2D eigenvalue weighted by atomic mass is 9.98. The maximum Gasteiger partial charge on any atom is 0.328 e. The molecule has 0 heterocycles. The predicted molar refractivity (Wildman–Crippen MR) is 82.5 cm³/mol. The van der Waals surface area contributed by atoms with E-state index in [1.54, 1.807) is 13.8 Å². The SMILES string of the molecule is C=C(NCC(C(=O)O)N(C)C(=O)C(C)(N)CC)C(N)CC. The first-order chi connectivity index (χ1) is 9.58. The maximum atomic E-state index is 12.2. The Labute approximate surface area is 126 Å². The van der Waals surface area contributed by atoms with E-state index in [1.807, 2.05) is 6.92 Å². The summed E-state index contributed by atoms with van der Waals surface area (Å²) in [6.07, 6.45) is 1.11. The lowest BCUT2D eigenvalue weighted by Crippen LogP contribution is -2.58. The van der Waals surface area contributed by atoms with Crippen LogP contribution in [0.1, 0.15) is 33.6 Å². The molecule has 6 N–H and O–H groups in total. The number of nitrogens with one attached hydrogen (secondary N) is 1. The number of carboxylic acids is 1. The largest absolute Gasteiger partial charge is 0.480 e. The van der Waals surface area contributed by atoms with Crippen LogP contribution < -0.4 is 16.8 Å². The van der Waals surface area contributed by atoms with Gasteiger partial charge in [0.05, 0.1) is 5.54 Å². The van der Waals surface area contributed by atoms with E-state index in [9.17, 15) is 14.7 Å². The van der Waals surface area contributed by atoms with Crippen molar-refractivity contribution < 1.29 is 14.7 Å². The van der Waals surface area contributed by atoms with Crippen LogP contribution in [0.5, 0.6) is 0 Å². The third kappa shape index (κ3) is 5.35. The number of carbonyl (C=O) groups is 2. The van der Waals surface area contributed by atoms with Gasteiger partial charge >= 0.3 is 5.97 Å². The summed E-state index contributed by atoms with van der Waals surface area (Å²) in [4.78, 5) is 24.8. The molecular weight excluding hydrogens is 272 g/mol. The number of carbonyl (C=O) groups excluding carboxylic acids is 1. The minimum Gasteiger partial charge on any atom is -0.480 e. The Morgan fingerprint density at radius 2 is 1.95 bits per heavy atom. The molecule has 0 rings (SSSR count). The first kappa shape index (κ1) is 19.4. The highest BCUT2D eigenvalue weighted by Gasteiger charge is 2.35. The molecule has 0 aromatic heterocycles. The fourth-order valence-corrected chi connectivity index (χ4v) is 1.69. The van der Waals surface area contributed by atoms with Crippen molar-refractivity contribution in [1.29, 1.82) is 0 Å². The van der Waals surface area contributed by atoms with Crippen molar-refractivity contribution in [3.8, 4) is 0 Å². The number of nitrogens with two attached hydrogens (primary N) is 2. The Bertz CT molecular complexity index is 396. The second kappa shape index (κ2) is 7.99. The number of likely N-dealkylation sites (N-methyl/N-ethyl adjacent to an activating group) is 1. The van der Waals surface area contributed by atoms with Crippen molar-refractivity contribution in [3.05, 3.63) is 12.3 Å². The summed E-state index contributed by atoms with van der Waals surface area (Å²) in [6, 6.07) is -1.29. The van der Waals surface area contributed by atoms with Gasteiger partial charge < -0.3 is 26.8 Å². The van der Waals surface area contributed by atoms with Crippen LogP contribution in [0.3, 0.4) is 0 Å². The molecule has 0 aliphatic rings. The molecule has 0 aliphatic heterocycles. The van der Waals surface area contributed by atoms with Crippen LogP contribution in [0, 0.1) is 0 Å². The molecule has 7 heteroatoms. The number of carboxylic acid groups (broad SMARTS) is 1. The van der Waals surface area contributed by atoms with Gasteiger partial charge in [0, 0.05) is 25.3 Å². The Morgan fingerprint density at radius 3 is 2.33 bits per heavy atom. The summed E-state index contributed by atoms with van der Waals surface area (Å²) in [6.45, 7) is 9.07. The van der Waals surface area contributed by atoms with Crippen LogP contribution in [0.25, 0.3) is 0 Å². The Hall–Kier alpha value is -1.60. The second-order valence-electron chi connectivity index (χ2n) is 5.46. The van der Waals surface area contributed by atoms with E-state index < -0.39 is 23.5 Å². The standard InChI is InChI=1S/C14H28N4O3/c1-6-10(15)9(3)17-8-11(12(19)20)18(5)13(21)14(4,16)7-2/h10-11,17H,3,6-8,15-16H2,1-2,4-5H3,(H,19,20). The van der Waals surface area contributed by atoms with E-state index >= 15 is 0 Å². The quantitative estimate of drug-likeness (QED) is 0.470. The van der Waals surface area contributed by atoms with Gasteiger partial charge in [-0.3, -0.25) is 4.79 Å². The van der Waals surface area contributed by atoms with Gasteiger partial charge in [-0.15, -0.1) is 0 Å². The highest BCUT2D eigenvalue weighted by atomic mass is 16.4. The number of amides is 1. The van der Waals surface area contributed by atoms with Crippen molar-refractivity contribution in [2.75, 3.05) is 13.6 Å². The highest BCUT2D eigenvalue weighted by molar-refractivity contribution is 5.89. The van der Waals surface area contributed by atoms with Crippen LogP contribution >= 0.6 is 0 Å². The van der Waals surface area contributed by atoms with Crippen molar-refractivity contribution in [1.82, 2.24) is 10.2 Å². The van der Waals surface area contributed by atoms with Crippen molar-refractivity contribution >= 4 is 11.9 Å². The molecule has 0 aliphatic carbocycles. The molecule has 0 spiro atoms. The minimum atomic E-state index is -1.11. The van der Waals surface area contributed by atoms with Gasteiger partial charge in [-0.05, 0) is 19.8 Å². The zero-order valence-corrected chi connectivity index (χ0v) is 13.3. The fourth-order valence-electron chi connectivity index (χ4n) is 1.69. The van der Waals surface area contributed by atoms with E-state index in [1.165, 1.54) is 7.05 Å². The molecule has 0 fully saturated rings. The van der Waals surface area contributed by atoms with Gasteiger partial charge in [0.15, 0.2) is 0 Å². The van der Waals surface area contributed by atoms with E-state index in [2.05, 4.69) is 11.9 Å². The Balaban J connectivity index is 4.88. The van der Waals surface area contributed by atoms with Crippen LogP contribution in [-0.2, 0) is 9.59 Å². The summed E-state index contributed by atoms with van der Waals surface area (Å²) >= 11 is 0. The fraction of sp³-hybridized carbons (Fsp3) is 0.714. The topological polar surface area (TPSA) is 122 Å². The smallest absolute Gasteiger partial charge is 0.328 e. The molecule has 21 heavy (non-hydrogen) atoms. The first-order valence-corrected chi connectivity index (χ1v) is 7.05. The van der Waals surface area contributed by atoms with E-state index in [0.29, 0.717) is 18.5 Å². The van der Waals surface area contributed by atoms with E-state index in [4.69, 9.17) is 11.5 Å². The molecule has 0 saturated carbocycles. The van der Waals surface area contributed by atoms with Gasteiger partial charge in [-0.2, -0.15) is 0 Å². The third-order valence-corrected chi connectivity index (χ3v) is 3.71. The van der Waals surface area contributed by atoms with Crippen LogP contribution in [0.2, 0.25) is 0 Å². The van der Waals surface area contributed by atoms with Crippen LogP contribution in [0.4, 0.5) is 0 Å². The molecule has 0 aromatic rings. The molecule has 0 radical (unpaired) electrons. The zero-order valence-electron chi connectivity index (χ0n) is 13.3. The van der Waals surface area contributed by atoms with Gasteiger partial charge in [0.2, 0.25) is 5.91 Å². The molecular formula is C14H28N4O3.